The number of hydrogen-bond donors (Lipinski definition) is 1. The molecule has 4 nitrogen and oxygen atoms in total. The minimum absolute atomic E-state index is 0.632. The number of benzene rings is 2. The van der Waals surface area contributed by atoms with Gasteiger partial charge in [-0.1, -0.05) is 27.7 Å². The van der Waals surface area contributed by atoms with E-state index in [1.807, 2.05) is 42.5 Å². The number of fused-ring (bicyclic) bond motifs is 1. The Morgan fingerprint density at radius 2 is 1.91 bits per heavy atom. The molecule has 0 atom stereocenters. The third-order valence-corrected chi connectivity index (χ3v) is 4.44. The number of imidazole rings is 1. The van der Waals surface area contributed by atoms with E-state index in [9.17, 15) is 0 Å². The second-order valence-corrected chi connectivity index (χ2v) is 6.58. The Morgan fingerprint density at radius 3 is 2.68 bits per heavy atom. The van der Waals surface area contributed by atoms with Crippen molar-refractivity contribution >= 4 is 38.7 Å². The van der Waals surface area contributed by atoms with Crippen LogP contribution in [0.15, 0.2) is 52.1 Å². The van der Waals surface area contributed by atoms with Gasteiger partial charge in [-0.15, -0.1) is 0 Å². The van der Waals surface area contributed by atoms with E-state index in [1.54, 1.807) is 18.9 Å². The van der Waals surface area contributed by atoms with Crippen molar-refractivity contribution in [2.75, 3.05) is 19.5 Å². The average Bonchev–Trinajstić information content (AvgIpc) is 2.95. The number of hydrogen-bond acceptors (Lipinski definition) is 4. The molecule has 0 unspecified atom stereocenters. The fraction of sp³-hybridized carbons (Fsp3) is 0.188. The fourth-order valence-electron chi connectivity index (χ4n) is 1.99. The summed E-state index contributed by atoms with van der Waals surface area (Å²) in [5.74, 6) is 2.52. The van der Waals surface area contributed by atoms with Gasteiger partial charge in [-0.3, -0.25) is 0 Å². The van der Waals surface area contributed by atoms with E-state index in [0.717, 1.165) is 37.9 Å². The first-order chi connectivity index (χ1) is 10.7. The minimum Gasteiger partial charge on any atom is -0.497 e. The van der Waals surface area contributed by atoms with Gasteiger partial charge in [0.1, 0.15) is 11.5 Å². The van der Waals surface area contributed by atoms with Gasteiger partial charge in [-0.2, -0.15) is 0 Å². The number of nitrogens with zero attached hydrogens (tertiary/aromatic N) is 1. The molecule has 0 aliphatic rings. The number of ether oxygens (including phenoxy) is 2. The van der Waals surface area contributed by atoms with Gasteiger partial charge in [0.25, 0.3) is 0 Å². The summed E-state index contributed by atoms with van der Waals surface area (Å²) in [6.45, 7) is 0.632. The summed E-state index contributed by atoms with van der Waals surface area (Å²) in [4.78, 5) is 7.82. The fourth-order valence-corrected chi connectivity index (χ4v) is 2.96. The van der Waals surface area contributed by atoms with Gasteiger partial charge in [-0.25, -0.2) is 4.98 Å². The second-order valence-electron chi connectivity index (χ2n) is 4.58. The molecule has 0 fully saturated rings. The van der Waals surface area contributed by atoms with Crippen LogP contribution in [0.4, 0.5) is 0 Å². The van der Waals surface area contributed by atoms with Crippen molar-refractivity contribution in [3.8, 4) is 11.5 Å². The van der Waals surface area contributed by atoms with Crippen molar-refractivity contribution in [1.82, 2.24) is 9.97 Å². The van der Waals surface area contributed by atoms with Crippen LogP contribution in [0.2, 0.25) is 0 Å². The van der Waals surface area contributed by atoms with Crippen LogP contribution < -0.4 is 9.47 Å². The zero-order valence-corrected chi connectivity index (χ0v) is 14.4. The van der Waals surface area contributed by atoms with Crippen molar-refractivity contribution in [2.45, 2.75) is 5.16 Å². The Labute approximate surface area is 141 Å². The van der Waals surface area contributed by atoms with Crippen LogP contribution in [-0.4, -0.2) is 29.4 Å². The number of H-pyrrole nitrogens is 1. The van der Waals surface area contributed by atoms with Crippen LogP contribution in [-0.2, 0) is 0 Å². The highest BCUT2D eigenvalue weighted by Gasteiger charge is 2.04. The number of aromatic nitrogens is 2. The number of thioether (sulfide) groups is 1. The quantitative estimate of drug-likeness (QED) is 0.506. The molecule has 0 amide bonds. The van der Waals surface area contributed by atoms with Crippen molar-refractivity contribution in [3.05, 3.63) is 46.9 Å². The van der Waals surface area contributed by atoms with Crippen molar-refractivity contribution < 1.29 is 9.47 Å². The lowest BCUT2D eigenvalue weighted by atomic mass is 10.3. The van der Waals surface area contributed by atoms with E-state index in [1.165, 1.54) is 0 Å². The molecular formula is C16H15BrN2O2S. The highest BCUT2D eigenvalue weighted by atomic mass is 79.9. The minimum atomic E-state index is 0.632. The highest BCUT2D eigenvalue weighted by Crippen LogP contribution is 2.23. The molecule has 1 heterocycles. The van der Waals surface area contributed by atoms with Crippen molar-refractivity contribution in [2.24, 2.45) is 0 Å². The van der Waals surface area contributed by atoms with Crippen LogP contribution in [0, 0.1) is 0 Å². The normalized spacial score (nSPS) is 10.8. The van der Waals surface area contributed by atoms with Gasteiger partial charge in [0, 0.05) is 16.3 Å². The lowest BCUT2D eigenvalue weighted by Crippen LogP contribution is -2.00. The summed E-state index contributed by atoms with van der Waals surface area (Å²) < 4.78 is 11.9. The van der Waals surface area contributed by atoms with Crippen LogP contribution >= 0.6 is 27.7 Å². The molecule has 3 rings (SSSR count). The molecule has 0 radical (unpaired) electrons. The third-order valence-electron chi connectivity index (χ3n) is 3.07. The topological polar surface area (TPSA) is 47.1 Å². The van der Waals surface area contributed by atoms with Gasteiger partial charge in [-0.05, 0) is 36.4 Å². The van der Waals surface area contributed by atoms with E-state index in [4.69, 9.17) is 9.47 Å². The van der Waals surface area contributed by atoms with E-state index in [0.29, 0.717) is 6.61 Å². The Kier molecular flexibility index (Phi) is 4.90. The van der Waals surface area contributed by atoms with Crippen molar-refractivity contribution in [3.63, 3.8) is 0 Å². The molecule has 114 valence electrons. The van der Waals surface area contributed by atoms with Gasteiger partial charge < -0.3 is 14.5 Å². The largest absolute Gasteiger partial charge is 0.497 e. The molecule has 0 bridgehead atoms. The van der Waals surface area contributed by atoms with Gasteiger partial charge in [0.05, 0.1) is 24.8 Å². The molecule has 0 saturated heterocycles. The smallest absolute Gasteiger partial charge is 0.166 e. The molecule has 1 aromatic heterocycles. The SMILES string of the molecule is COc1ccc2nc(SCCOc3ccc(Br)cc3)[nH]c2c1. The summed E-state index contributed by atoms with van der Waals surface area (Å²) in [6.07, 6.45) is 0. The molecular weight excluding hydrogens is 364 g/mol. The van der Waals surface area contributed by atoms with E-state index < -0.39 is 0 Å². The van der Waals surface area contributed by atoms with Crippen LogP contribution in [0.5, 0.6) is 11.5 Å². The first kappa shape index (κ1) is 15.2. The van der Waals surface area contributed by atoms with Crippen LogP contribution in [0.25, 0.3) is 11.0 Å². The first-order valence-electron chi connectivity index (χ1n) is 6.79. The first-order valence-corrected chi connectivity index (χ1v) is 8.57. The second kappa shape index (κ2) is 7.07. The van der Waals surface area contributed by atoms with Gasteiger partial charge >= 0.3 is 0 Å². The van der Waals surface area contributed by atoms with E-state index in [2.05, 4.69) is 25.9 Å². The molecule has 6 heteroatoms. The Balaban J connectivity index is 1.54. The monoisotopic (exact) mass is 378 g/mol. The molecule has 0 saturated carbocycles. The average molecular weight is 379 g/mol. The van der Waals surface area contributed by atoms with Crippen molar-refractivity contribution in [1.29, 1.82) is 0 Å². The number of rotatable bonds is 6. The number of nitrogens with one attached hydrogen (secondary N) is 1. The maximum atomic E-state index is 5.69. The highest BCUT2D eigenvalue weighted by molar-refractivity contribution is 9.10. The maximum absolute atomic E-state index is 5.69. The predicted octanol–water partition coefficient (Wildman–Crippen LogP) is 4.51. The zero-order chi connectivity index (χ0) is 15.4. The Hall–Kier alpha value is -1.66. The lowest BCUT2D eigenvalue weighted by Gasteiger charge is -2.04. The predicted molar refractivity (Wildman–Crippen MR) is 93.0 cm³/mol. The third kappa shape index (κ3) is 3.75. The molecule has 0 aliphatic carbocycles. The molecule has 1 N–H and O–H groups in total. The molecule has 0 spiro atoms. The maximum Gasteiger partial charge on any atom is 0.166 e. The number of halogens is 1. The Morgan fingerprint density at radius 1 is 1.14 bits per heavy atom. The molecule has 0 aliphatic heterocycles. The van der Waals surface area contributed by atoms with E-state index >= 15 is 0 Å². The van der Waals surface area contributed by atoms with Crippen LogP contribution in [0.1, 0.15) is 0 Å². The van der Waals surface area contributed by atoms with E-state index in [-0.39, 0.29) is 0 Å². The summed E-state index contributed by atoms with van der Waals surface area (Å²) in [5, 5.41) is 0.891. The number of methoxy groups -OCH3 is 1. The molecule has 3 aromatic rings. The molecule has 22 heavy (non-hydrogen) atoms. The lowest BCUT2D eigenvalue weighted by molar-refractivity contribution is 0.344. The van der Waals surface area contributed by atoms with Crippen LogP contribution in [0.3, 0.4) is 0 Å². The summed E-state index contributed by atoms with van der Waals surface area (Å²) in [7, 11) is 1.66. The summed E-state index contributed by atoms with van der Waals surface area (Å²) >= 11 is 5.04. The summed E-state index contributed by atoms with van der Waals surface area (Å²) in [5.41, 5.74) is 1.92. The van der Waals surface area contributed by atoms with Gasteiger partial charge in [0.2, 0.25) is 0 Å². The summed E-state index contributed by atoms with van der Waals surface area (Å²) in [6, 6.07) is 13.6. The zero-order valence-electron chi connectivity index (χ0n) is 12.0. The van der Waals surface area contributed by atoms with Gasteiger partial charge in [0.15, 0.2) is 5.16 Å². The number of aromatic amines is 1. The standard InChI is InChI=1S/C16H15BrN2O2S/c1-20-13-6-7-14-15(10-13)19-16(18-14)22-9-8-21-12-4-2-11(17)3-5-12/h2-7,10H,8-9H2,1H3,(H,18,19). The Bertz CT molecular complexity index is 758. The molecule has 2 aromatic carbocycles.